The van der Waals surface area contributed by atoms with Crippen molar-refractivity contribution in [3.8, 4) is 6.07 Å². The van der Waals surface area contributed by atoms with Crippen molar-refractivity contribution in [2.45, 2.75) is 57.2 Å². The van der Waals surface area contributed by atoms with Crippen LogP contribution in [0.25, 0.3) is 0 Å². The molecule has 1 amide bonds. The number of hydrogen-bond donors (Lipinski definition) is 4. The quantitative estimate of drug-likeness (QED) is 0.183. The molecule has 2 aliphatic rings. The molecule has 0 unspecified atom stereocenters. The van der Waals surface area contributed by atoms with E-state index in [9.17, 15) is 32.3 Å². The lowest BCUT2D eigenvalue weighted by Gasteiger charge is -2.34. The van der Waals surface area contributed by atoms with Gasteiger partial charge in [0.1, 0.15) is 29.1 Å². The van der Waals surface area contributed by atoms with Gasteiger partial charge in [-0.2, -0.15) is 18.4 Å². The van der Waals surface area contributed by atoms with E-state index in [1.54, 1.807) is 21.9 Å². The van der Waals surface area contributed by atoms with E-state index >= 15 is 0 Å². The van der Waals surface area contributed by atoms with Crippen LogP contribution in [0, 0.1) is 17.2 Å². The Bertz CT molecular complexity index is 1760. The molecule has 49 heavy (non-hydrogen) atoms. The molecular weight excluding hydrogens is 645 g/mol. The molecule has 4 N–H and O–H groups in total. The van der Waals surface area contributed by atoms with Crippen molar-refractivity contribution in [1.29, 1.82) is 5.26 Å². The van der Waals surface area contributed by atoms with Crippen LogP contribution in [0.15, 0.2) is 39.9 Å². The predicted octanol–water partition coefficient (Wildman–Crippen LogP) is 2.90. The van der Waals surface area contributed by atoms with Crippen LogP contribution in [0.2, 0.25) is 0 Å². The predicted molar refractivity (Wildman–Crippen MR) is 175 cm³/mol. The van der Waals surface area contributed by atoms with Gasteiger partial charge in [0.15, 0.2) is 0 Å². The van der Waals surface area contributed by atoms with Crippen molar-refractivity contribution in [3.63, 3.8) is 0 Å². The van der Waals surface area contributed by atoms with Crippen LogP contribution in [0.5, 0.6) is 0 Å². The van der Waals surface area contributed by atoms with Crippen LogP contribution in [0.1, 0.15) is 55.5 Å². The lowest BCUT2D eigenvalue weighted by Crippen LogP contribution is -2.44. The Labute approximate surface area is 279 Å². The first kappa shape index (κ1) is 35.1. The standard InChI is InChI=1S/C33H37F3N8O5/c34-33(35,36)32-41-24(43-16-10-21(11-17-43)7-12-38-27-28(30(48)29(27)47)39-14-9-26(45)46)18-25(42-32)44-15-1-2-23(44)31(49)40-13-8-20-3-5-22(19-37)6-4-20/h3-6,18,21,23,38-39H,1-2,7-17H2,(H,40,49)(H,45,46)/t23-/m0/s1. The number of nitrogens with zero attached hydrogens (tertiary/aromatic N) is 5. The highest BCUT2D eigenvalue weighted by Crippen LogP contribution is 2.34. The summed E-state index contributed by atoms with van der Waals surface area (Å²) in [5.41, 5.74) is 0.354. The summed E-state index contributed by atoms with van der Waals surface area (Å²) in [7, 11) is 0. The molecule has 260 valence electrons. The Morgan fingerprint density at radius 1 is 0.939 bits per heavy atom. The van der Waals surface area contributed by atoms with Gasteiger partial charge in [0.05, 0.1) is 18.1 Å². The molecule has 5 rings (SSSR count). The minimum absolute atomic E-state index is 0.0146. The second-order valence-corrected chi connectivity index (χ2v) is 12.2. The molecular formula is C33H37F3N8O5. The number of nitrogens with one attached hydrogen (secondary N) is 3. The largest absolute Gasteiger partial charge is 0.481 e. The molecule has 2 aliphatic heterocycles. The monoisotopic (exact) mass is 682 g/mol. The summed E-state index contributed by atoms with van der Waals surface area (Å²) >= 11 is 0. The number of halogens is 3. The molecule has 1 aromatic heterocycles. The fourth-order valence-corrected chi connectivity index (χ4v) is 6.24. The highest BCUT2D eigenvalue weighted by atomic mass is 19.4. The Morgan fingerprint density at radius 2 is 1.59 bits per heavy atom. The minimum Gasteiger partial charge on any atom is -0.481 e. The number of aromatic nitrogens is 2. The van der Waals surface area contributed by atoms with Gasteiger partial charge in [-0.1, -0.05) is 12.1 Å². The summed E-state index contributed by atoms with van der Waals surface area (Å²) in [4.78, 5) is 58.8. The second kappa shape index (κ2) is 15.3. The number of aliphatic carboxylic acids is 1. The smallest absolute Gasteiger partial charge is 0.451 e. The Balaban J connectivity index is 1.17. The molecule has 3 heterocycles. The van der Waals surface area contributed by atoms with Crippen molar-refractivity contribution in [3.05, 3.63) is 67.7 Å². The Morgan fingerprint density at radius 3 is 2.22 bits per heavy atom. The number of carboxylic acid groups (broad SMARTS) is 1. The fraction of sp³-hybridized carbons (Fsp3) is 0.485. The highest BCUT2D eigenvalue weighted by Gasteiger charge is 2.39. The zero-order valence-corrected chi connectivity index (χ0v) is 26.7. The number of piperidine rings is 1. The van der Waals surface area contributed by atoms with E-state index in [2.05, 4.69) is 32.0 Å². The molecule has 2 aromatic carbocycles. The number of carbonyl (C=O) groups excluding carboxylic acids is 1. The summed E-state index contributed by atoms with van der Waals surface area (Å²) in [6.07, 6.45) is -1.40. The Kier molecular flexibility index (Phi) is 11.0. The van der Waals surface area contributed by atoms with Gasteiger partial charge in [-0.25, -0.2) is 9.97 Å². The lowest BCUT2D eigenvalue weighted by atomic mass is 9.93. The maximum Gasteiger partial charge on any atom is 0.451 e. The SMILES string of the molecule is N#Cc1ccc(CCNC(=O)[C@@H]2CCCN2c2cc(N3CCC(CCNc4c(NCCC(=O)O)c(=O)c4=O)CC3)nc(C(F)(F)F)n2)cc1. The maximum absolute atomic E-state index is 14.0. The van der Waals surface area contributed by atoms with Crippen LogP contribution >= 0.6 is 0 Å². The van der Waals surface area contributed by atoms with Crippen LogP contribution in [-0.4, -0.2) is 72.3 Å². The van der Waals surface area contributed by atoms with Gasteiger partial charge < -0.3 is 30.9 Å². The van der Waals surface area contributed by atoms with Crippen LogP contribution in [-0.2, 0) is 22.2 Å². The fourth-order valence-electron chi connectivity index (χ4n) is 6.24. The molecule has 13 nitrogen and oxygen atoms in total. The molecule has 16 heteroatoms. The third-order valence-corrected chi connectivity index (χ3v) is 8.94. The topological polar surface area (TPSA) is 181 Å². The van der Waals surface area contributed by atoms with E-state index in [1.807, 2.05) is 12.1 Å². The molecule has 3 aromatic rings. The van der Waals surface area contributed by atoms with Gasteiger partial charge in [0, 0.05) is 45.3 Å². The summed E-state index contributed by atoms with van der Waals surface area (Å²) in [6, 6.07) is 9.92. The summed E-state index contributed by atoms with van der Waals surface area (Å²) in [5.74, 6) is -2.19. The second-order valence-electron chi connectivity index (χ2n) is 12.2. The van der Waals surface area contributed by atoms with E-state index < -0.39 is 34.9 Å². The van der Waals surface area contributed by atoms with Gasteiger partial charge >= 0.3 is 12.1 Å². The van der Waals surface area contributed by atoms with E-state index in [4.69, 9.17) is 10.4 Å². The number of hydrogen-bond acceptors (Lipinski definition) is 11. The van der Waals surface area contributed by atoms with Crippen LogP contribution in [0.3, 0.4) is 0 Å². The van der Waals surface area contributed by atoms with Crippen molar-refractivity contribution in [1.82, 2.24) is 15.3 Å². The van der Waals surface area contributed by atoms with Gasteiger partial charge in [-0.05, 0) is 62.1 Å². The molecule has 0 aliphatic carbocycles. The third kappa shape index (κ3) is 8.64. The number of benzene rings is 1. The normalized spacial score (nSPS) is 16.8. The van der Waals surface area contributed by atoms with Crippen LogP contribution < -0.4 is 36.6 Å². The van der Waals surface area contributed by atoms with Gasteiger partial charge in [0.2, 0.25) is 11.7 Å². The first-order chi connectivity index (χ1) is 23.4. The number of rotatable bonds is 14. The van der Waals surface area contributed by atoms with Crippen molar-refractivity contribution < 1.29 is 27.9 Å². The minimum atomic E-state index is -4.79. The average molecular weight is 683 g/mol. The van der Waals surface area contributed by atoms with Crippen molar-refractivity contribution in [2.75, 3.05) is 59.7 Å². The molecule has 0 saturated carbocycles. The first-order valence-electron chi connectivity index (χ1n) is 16.2. The number of amides is 1. The van der Waals surface area contributed by atoms with Crippen molar-refractivity contribution >= 4 is 34.9 Å². The number of nitriles is 1. The highest BCUT2D eigenvalue weighted by molar-refractivity contribution is 5.85. The molecule has 2 fully saturated rings. The number of carboxylic acids is 1. The van der Waals surface area contributed by atoms with Gasteiger partial charge in [-0.15, -0.1) is 0 Å². The van der Waals surface area contributed by atoms with E-state index in [-0.39, 0.29) is 47.8 Å². The lowest BCUT2D eigenvalue weighted by molar-refractivity contribution is -0.144. The number of alkyl halides is 3. The third-order valence-electron chi connectivity index (χ3n) is 8.94. The van der Waals surface area contributed by atoms with Gasteiger partial charge in [0.25, 0.3) is 10.9 Å². The van der Waals surface area contributed by atoms with E-state index in [1.165, 1.54) is 6.07 Å². The molecule has 0 spiro atoms. The Hall–Kier alpha value is -5.20. The summed E-state index contributed by atoms with van der Waals surface area (Å²) < 4.78 is 41.9. The first-order valence-corrected chi connectivity index (χ1v) is 16.2. The average Bonchev–Trinajstić information content (AvgIpc) is 3.59. The zero-order valence-electron chi connectivity index (χ0n) is 26.7. The van der Waals surface area contributed by atoms with E-state index in [0.29, 0.717) is 76.8 Å². The number of carbonyl (C=O) groups is 2. The van der Waals surface area contributed by atoms with Crippen molar-refractivity contribution in [2.24, 2.45) is 5.92 Å². The maximum atomic E-state index is 14.0. The molecule has 1 atom stereocenters. The molecule has 2 saturated heterocycles. The number of anilines is 4. The molecule has 0 bridgehead atoms. The zero-order chi connectivity index (χ0) is 35.1. The summed E-state index contributed by atoms with van der Waals surface area (Å²) in [5, 5.41) is 26.3. The van der Waals surface area contributed by atoms with E-state index in [0.717, 1.165) is 5.56 Å². The molecule has 0 radical (unpaired) electrons. The van der Waals surface area contributed by atoms with Gasteiger partial charge in [-0.3, -0.25) is 19.2 Å². The summed E-state index contributed by atoms with van der Waals surface area (Å²) in [6.45, 7) is 2.00. The van der Waals surface area contributed by atoms with Crippen LogP contribution in [0.4, 0.5) is 36.2 Å².